The maximum atomic E-state index is 5.40. The molecule has 18 heavy (non-hydrogen) atoms. The van der Waals surface area contributed by atoms with Gasteiger partial charge in [-0.1, -0.05) is 39.5 Å². The van der Waals surface area contributed by atoms with Crippen LogP contribution in [0.15, 0.2) is 22.8 Å². The summed E-state index contributed by atoms with van der Waals surface area (Å²) >= 11 is 0. The molecule has 0 spiro atoms. The third-order valence-corrected chi connectivity index (χ3v) is 3.41. The summed E-state index contributed by atoms with van der Waals surface area (Å²) in [6.07, 6.45) is 12.0. The van der Waals surface area contributed by atoms with Gasteiger partial charge in [-0.05, 0) is 37.9 Å². The molecule has 0 aliphatic rings. The van der Waals surface area contributed by atoms with E-state index in [1.807, 2.05) is 6.07 Å². The largest absolute Gasteiger partial charge is 0.469 e. The fourth-order valence-corrected chi connectivity index (χ4v) is 2.29. The zero-order valence-electron chi connectivity index (χ0n) is 12.1. The van der Waals surface area contributed by atoms with Crippen molar-refractivity contribution in [3.8, 4) is 0 Å². The van der Waals surface area contributed by atoms with Gasteiger partial charge in [-0.2, -0.15) is 0 Å². The van der Waals surface area contributed by atoms with Crippen LogP contribution in [0.4, 0.5) is 0 Å². The minimum Gasteiger partial charge on any atom is -0.469 e. The normalized spacial score (nSPS) is 12.8. The molecule has 104 valence electrons. The first-order valence-corrected chi connectivity index (χ1v) is 7.62. The average Bonchev–Trinajstić information content (AvgIpc) is 2.90. The van der Waals surface area contributed by atoms with Crippen LogP contribution in [0.3, 0.4) is 0 Å². The van der Waals surface area contributed by atoms with E-state index in [0.29, 0.717) is 6.04 Å². The minimum absolute atomic E-state index is 0.659. The van der Waals surface area contributed by atoms with Crippen molar-refractivity contribution in [3.63, 3.8) is 0 Å². The Balaban J connectivity index is 2.21. The Labute approximate surface area is 112 Å². The van der Waals surface area contributed by atoms with Gasteiger partial charge in [-0.3, -0.25) is 0 Å². The highest BCUT2D eigenvalue weighted by Gasteiger charge is 2.08. The smallest absolute Gasteiger partial charge is 0.103 e. The van der Waals surface area contributed by atoms with Crippen LogP contribution in [0.25, 0.3) is 0 Å². The lowest BCUT2D eigenvalue weighted by atomic mass is 10.0. The van der Waals surface area contributed by atoms with Gasteiger partial charge in [0.25, 0.3) is 0 Å². The molecule has 1 heterocycles. The fourth-order valence-electron chi connectivity index (χ4n) is 2.29. The zero-order chi connectivity index (χ0) is 13.1. The highest BCUT2D eigenvalue weighted by molar-refractivity contribution is 4.98. The van der Waals surface area contributed by atoms with Gasteiger partial charge >= 0.3 is 0 Å². The van der Waals surface area contributed by atoms with Gasteiger partial charge in [0.1, 0.15) is 5.76 Å². The van der Waals surface area contributed by atoms with Crippen LogP contribution in [-0.4, -0.2) is 12.6 Å². The predicted molar refractivity (Wildman–Crippen MR) is 77.9 cm³/mol. The van der Waals surface area contributed by atoms with E-state index >= 15 is 0 Å². The van der Waals surface area contributed by atoms with Crippen LogP contribution in [0, 0.1) is 0 Å². The Morgan fingerprint density at radius 2 is 2.00 bits per heavy atom. The first kappa shape index (κ1) is 15.3. The van der Waals surface area contributed by atoms with Gasteiger partial charge in [-0.25, -0.2) is 0 Å². The summed E-state index contributed by atoms with van der Waals surface area (Å²) < 4.78 is 5.40. The number of rotatable bonds is 11. The number of nitrogens with one attached hydrogen (secondary N) is 1. The summed E-state index contributed by atoms with van der Waals surface area (Å²) in [5.74, 6) is 1.12. The molecule has 1 aromatic rings. The van der Waals surface area contributed by atoms with Crippen LogP contribution in [-0.2, 0) is 6.42 Å². The van der Waals surface area contributed by atoms with Crippen LogP contribution < -0.4 is 5.32 Å². The molecule has 1 unspecified atom stereocenters. The lowest BCUT2D eigenvalue weighted by Crippen LogP contribution is -2.30. The van der Waals surface area contributed by atoms with Crippen LogP contribution >= 0.6 is 0 Å². The quantitative estimate of drug-likeness (QED) is 0.584. The summed E-state index contributed by atoms with van der Waals surface area (Å²) in [7, 11) is 0. The van der Waals surface area contributed by atoms with Gasteiger partial charge in [-0.15, -0.1) is 0 Å². The summed E-state index contributed by atoms with van der Waals surface area (Å²) in [5, 5.41) is 3.67. The maximum absolute atomic E-state index is 5.40. The first-order chi connectivity index (χ1) is 8.86. The Bertz CT molecular complexity index is 269. The summed E-state index contributed by atoms with van der Waals surface area (Å²) in [4.78, 5) is 0. The van der Waals surface area contributed by atoms with Crippen LogP contribution in [0.2, 0.25) is 0 Å². The molecule has 0 saturated heterocycles. The van der Waals surface area contributed by atoms with Gasteiger partial charge in [0, 0.05) is 12.5 Å². The molecule has 0 fully saturated rings. The molecule has 0 aromatic carbocycles. The molecule has 0 radical (unpaired) electrons. The molecule has 0 aliphatic heterocycles. The van der Waals surface area contributed by atoms with E-state index in [2.05, 4.69) is 25.2 Å². The van der Waals surface area contributed by atoms with Crippen molar-refractivity contribution < 1.29 is 4.42 Å². The second-order valence-corrected chi connectivity index (χ2v) is 5.12. The predicted octanol–water partition coefficient (Wildman–Crippen LogP) is 4.55. The van der Waals surface area contributed by atoms with E-state index in [-0.39, 0.29) is 0 Å². The Kier molecular flexibility index (Phi) is 8.66. The lowest BCUT2D eigenvalue weighted by Gasteiger charge is -2.17. The van der Waals surface area contributed by atoms with Gasteiger partial charge < -0.3 is 9.73 Å². The van der Waals surface area contributed by atoms with Gasteiger partial charge in [0.2, 0.25) is 0 Å². The van der Waals surface area contributed by atoms with E-state index in [9.17, 15) is 0 Å². The SMILES string of the molecule is CCCCCCC(CCc1ccco1)NCCC. The number of hydrogen-bond donors (Lipinski definition) is 1. The van der Waals surface area contributed by atoms with E-state index < -0.39 is 0 Å². The molecular formula is C16H29NO. The van der Waals surface area contributed by atoms with Gasteiger partial charge in [0.15, 0.2) is 0 Å². The fraction of sp³-hybridized carbons (Fsp3) is 0.750. The number of furan rings is 1. The van der Waals surface area contributed by atoms with Crippen molar-refractivity contribution in [2.45, 2.75) is 71.3 Å². The molecule has 1 aromatic heterocycles. The van der Waals surface area contributed by atoms with Crippen molar-refractivity contribution in [3.05, 3.63) is 24.2 Å². The molecule has 2 nitrogen and oxygen atoms in total. The van der Waals surface area contributed by atoms with Crippen LogP contribution in [0.1, 0.15) is 64.6 Å². The Morgan fingerprint density at radius 1 is 1.11 bits per heavy atom. The zero-order valence-corrected chi connectivity index (χ0v) is 12.1. The molecule has 0 amide bonds. The van der Waals surface area contributed by atoms with Crippen molar-refractivity contribution in [1.29, 1.82) is 0 Å². The number of hydrogen-bond acceptors (Lipinski definition) is 2. The Hall–Kier alpha value is -0.760. The van der Waals surface area contributed by atoms with E-state index in [1.54, 1.807) is 6.26 Å². The minimum atomic E-state index is 0.659. The first-order valence-electron chi connectivity index (χ1n) is 7.62. The summed E-state index contributed by atoms with van der Waals surface area (Å²) in [6, 6.07) is 4.71. The van der Waals surface area contributed by atoms with E-state index in [4.69, 9.17) is 4.42 Å². The molecule has 0 bridgehead atoms. The van der Waals surface area contributed by atoms with Crippen LogP contribution in [0.5, 0.6) is 0 Å². The lowest BCUT2D eigenvalue weighted by molar-refractivity contribution is 0.412. The number of unbranched alkanes of at least 4 members (excludes halogenated alkanes) is 3. The van der Waals surface area contributed by atoms with E-state index in [1.165, 1.54) is 44.9 Å². The molecule has 1 atom stereocenters. The van der Waals surface area contributed by atoms with E-state index in [0.717, 1.165) is 18.7 Å². The second kappa shape index (κ2) is 10.2. The second-order valence-electron chi connectivity index (χ2n) is 5.12. The monoisotopic (exact) mass is 251 g/mol. The molecule has 0 saturated carbocycles. The molecular weight excluding hydrogens is 222 g/mol. The maximum Gasteiger partial charge on any atom is 0.103 e. The Morgan fingerprint density at radius 3 is 2.67 bits per heavy atom. The average molecular weight is 251 g/mol. The third-order valence-electron chi connectivity index (χ3n) is 3.41. The molecule has 1 rings (SSSR count). The third kappa shape index (κ3) is 6.85. The highest BCUT2D eigenvalue weighted by atomic mass is 16.3. The topological polar surface area (TPSA) is 25.2 Å². The highest BCUT2D eigenvalue weighted by Crippen LogP contribution is 2.12. The summed E-state index contributed by atoms with van der Waals surface area (Å²) in [6.45, 7) is 5.63. The molecule has 0 aliphatic carbocycles. The number of aryl methyl sites for hydroxylation is 1. The van der Waals surface area contributed by atoms with Crippen molar-refractivity contribution in [1.82, 2.24) is 5.32 Å². The van der Waals surface area contributed by atoms with Crippen molar-refractivity contribution >= 4 is 0 Å². The van der Waals surface area contributed by atoms with Gasteiger partial charge in [0.05, 0.1) is 6.26 Å². The molecule has 1 N–H and O–H groups in total. The van der Waals surface area contributed by atoms with Crippen molar-refractivity contribution in [2.75, 3.05) is 6.54 Å². The standard InChI is InChI=1S/C16H29NO/c1-3-5-6-7-9-15(17-13-4-2)11-12-16-10-8-14-18-16/h8,10,14-15,17H,3-7,9,11-13H2,1-2H3. The van der Waals surface area contributed by atoms with Crippen molar-refractivity contribution in [2.24, 2.45) is 0 Å². The molecule has 2 heteroatoms. The summed E-state index contributed by atoms with van der Waals surface area (Å²) in [5.41, 5.74) is 0.